The summed E-state index contributed by atoms with van der Waals surface area (Å²) < 4.78 is 38.0. The minimum absolute atomic E-state index is 0.0667. The van der Waals surface area contributed by atoms with Gasteiger partial charge in [0.1, 0.15) is 32.4 Å². The molecule has 1 amide bonds. The normalized spacial score (nSPS) is 15.2. The quantitative estimate of drug-likeness (QED) is 0.728. The molecular formula is C20H23F3N4O2+2. The summed E-state index contributed by atoms with van der Waals surface area (Å²) in [6, 6.07) is 9.29. The van der Waals surface area contributed by atoms with Crippen molar-refractivity contribution in [1.82, 2.24) is 0 Å². The molecule has 2 heterocycles. The highest BCUT2D eigenvalue weighted by atomic mass is 19.4. The second-order valence-corrected chi connectivity index (χ2v) is 7.06. The van der Waals surface area contributed by atoms with Crippen LogP contribution >= 0.6 is 0 Å². The van der Waals surface area contributed by atoms with E-state index in [1.807, 2.05) is 4.90 Å². The molecule has 0 radical (unpaired) electrons. The molecule has 0 spiro atoms. The maximum Gasteiger partial charge on any atom is 0.419 e. The third kappa shape index (κ3) is 5.54. The van der Waals surface area contributed by atoms with Crippen molar-refractivity contribution < 1.29 is 32.6 Å². The summed E-state index contributed by atoms with van der Waals surface area (Å²) in [5, 5.41) is 2.81. The molecule has 1 aliphatic rings. The molecule has 6 nitrogen and oxygen atoms in total. The molecule has 0 unspecified atom stereocenters. The van der Waals surface area contributed by atoms with Crippen molar-refractivity contribution in [3.8, 4) is 0 Å². The Balaban J connectivity index is 1.50. The van der Waals surface area contributed by atoms with Crippen molar-refractivity contribution in [2.45, 2.75) is 13.1 Å². The lowest BCUT2D eigenvalue weighted by Crippen LogP contribution is -3.15. The highest BCUT2D eigenvalue weighted by molar-refractivity contribution is 5.97. The SMILES string of the molecule is CC(=O)c1cccc(NC(=O)C[NH+]2CCN(c3ccc(C(F)(F)F)c[nH+]3)CC2)c1. The summed E-state index contributed by atoms with van der Waals surface area (Å²) in [6.45, 7) is 4.40. The number of carbonyl (C=O) groups is 2. The van der Waals surface area contributed by atoms with E-state index in [2.05, 4.69) is 10.3 Å². The number of piperazine rings is 1. The number of pyridine rings is 1. The van der Waals surface area contributed by atoms with E-state index in [1.54, 1.807) is 24.3 Å². The average Bonchev–Trinajstić information content (AvgIpc) is 2.68. The van der Waals surface area contributed by atoms with Crippen LogP contribution in [0.3, 0.4) is 0 Å². The Hall–Kier alpha value is -2.94. The van der Waals surface area contributed by atoms with Gasteiger partial charge in [0.05, 0.1) is 5.56 Å². The van der Waals surface area contributed by atoms with Gasteiger partial charge in [0.2, 0.25) is 0 Å². The van der Waals surface area contributed by atoms with Gasteiger partial charge in [0.15, 0.2) is 12.3 Å². The van der Waals surface area contributed by atoms with E-state index >= 15 is 0 Å². The summed E-state index contributed by atoms with van der Waals surface area (Å²) in [5.41, 5.74) is 0.410. The van der Waals surface area contributed by atoms with Crippen LogP contribution in [-0.2, 0) is 11.0 Å². The Kier molecular flexibility index (Phi) is 6.17. The standard InChI is InChI=1S/C20H21F3N4O2/c1-14(28)15-3-2-4-17(11-15)25-19(29)13-26-7-9-27(10-8-26)18-6-5-16(12-24-18)20(21,22)23/h2-6,11-12H,7-10,13H2,1H3,(H,25,29)/p+2. The number of nitrogens with one attached hydrogen (secondary N) is 3. The van der Waals surface area contributed by atoms with Crippen LogP contribution in [-0.4, -0.2) is 44.4 Å². The lowest BCUT2D eigenvalue weighted by molar-refractivity contribution is -0.892. The zero-order chi connectivity index (χ0) is 21.0. The van der Waals surface area contributed by atoms with E-state index in [4.69, 9.17) is 0 Å². The first kappa shape index (κ1) is 20.8. The van der Waals surface area contributed by atoms with E-state index in [1.165, 1.54) is 13.0 Å². The number of anilines is 2. The molecule has 0 aliphatic carbocycles. The van der Waals surface area contributed by atoms with Crippen LogP contribution in [0.4, 0.5) is 24.7 Å². The lowest BCUT2D eigenvalue weighted by atomic mass is 10.1. The van der Waals surface area contributed by atoms with Gasteiger partial charge in [-0.05, 0) is 25.1 Å². The topological polar surface area (TPSA) is 68.0 Å². The average molecular weight is 408 g/mol. The summed E-state index contributed by atoms with van der Waals surface area (Å²) >= 11 is 0. The van der Waals surface area contributed by atoms with Crippen molar-refractivity contribution in [2.24, 2.45) is 0 Å². The van der Waals surface area contributed by atoms with Crippen molar-refractivity contribution in [3.63, 3.8) is 0 Å². The van der Waals surface area contributed by atoms with E-state index in [-0.39, 0.29) is 18.2 Å². The number of benzene rings is 1. The third-order valence-corrected chi connectivity index (χ3v) is 4.90. The Morgan fingerprint density at radius 3 is 2.48 bits per heavy atom. The first-order chi connectivity index (χ1) is 13.7. The van der Waals surface area contributed by atoms with E-state index in [0.717, 1.165) is 17.2 Å². The zero-order valence-corrected chi connectivity index (χ0v) is 16.0. The van der Waals surface area contributed by atoms with Crippen molar-refractivity contribution in [3.05, 3.63) is 53.7 Å². The van der Waals surface area contributed by atoms with Gasteiger partial charge in [-0.15, -0.1) is 0 Å². The van der Waals surface area contributed by atoms with Gasteiger partial charge in [-0.2, -0.15) is 13.2 Å². The van der Waals surface area contributed by atoms with Crippen LogP contribution in [0.15, 0.2) is 42.6 Å². The number of hydrogen-bond acceptors (Lipinski definition) is 3. The minimum Gasteiger partial charge on any atom is -0.321 e. The highest BCUT2D eigenvalue weighted by Crippen LogP contribution is 2.28. The smallest absolute Gasteiger partial charge is 0.321 e. The zero-order valence-electron chi connectivity index (χ0n) is 16.0. The Morgan fingerprint density at radius 2 is 1.90 bits per heavy atom. The lowest BCUT2D eigenvalue weighted by Gasteiger charge is -2.28. The number of quaternary nitrogens is 1. The monoisotopic (exact) mass is 408 g/mol. The molecule has 3 rings (SSSR count). The molecular weight excluding hydrogens is 385 g/mol. The van der Waals surface area contributed by atoms with Crippen LogP contribution in [0, 0.1) is 0 Å². The number of halogens is 3. The number of aromatic amines is 1. The maximum atomic E-state index is 12.7. The number of nitrogens with zero attached hydrogens (tertiary/aromatic N) is 1. The van der Waals surface area contributed by atoms with Gasteiger partial charge < -0.3 is 10.2 Å². The van der Waals surface area contributed by atoms with Crippen molar-refractivity contribution >= 4 is 23.2 Å². The highest BCUT2D eigenvalue weighted by Gasteiger charge is 2.33. The number of carbonyl (C=O) groups excluding carboxylic acids is 2. The fraction of sp³-hybridized carbons (Fsp3) is 0.350. The predicted molar refractivity (Wildman–Crippen MR) is 101 cm³/mol. The molecule has 1 aromatic carbocycles. The van der Waals surface area contributed by atoms with E-state index < -0.39 is 11.7 Å². The molecule has 1 fully saturated rings. The van der Waals surface area contributed by atoms with Crippen LogP contribution in [0.2, 0.25) is 0 Å². The second-order valence-electron chi connectivity index (χ2n) is 7.06. The van der Waals surface area contributed by atoms with Crippen molar-refractivity contribution in [2.75, 3.05) is 42.9 Å². The molecule has 154 valence electrons. The molecule has 0 bridgehead atoms. The van der Waals surface area contributed by atoms with Gasteiger partial charge >= 0.3 is 6.18 Å². The maximum absolute atomic E-state index is 12.7. The summed E-state index contributed by atoms with van der Waals surface area (Å²) in [6.07, 6.45) is -3.40. The molecule has 1 saturated heterocycles. The number of Topliss-reactive ketones (excluding diaryl/α,β-unsaturated/α-hetero) is 1. The number of ketones is 1. The number of aromatic nitrogens is 1. The Labute approximate surface area is 166 Å². The molecule has 0 atom stereocenters. The van der Waals surface area contributed by atoms with Crippen molar-refractivity contribution in [1.29, 1.82) is 0 Å². The first-order valence-corrected chi connectivity index (χ1v) is 9.30. The molecule has 0 saturated carbocycles. The summed E-state index contributed by atoms with van der Waals surface area (Å²) in [7, 11) is 0. The fourth-order valence-corrected chi connectivity index (χ4v) is 3.28. The van der Waals surface area contributed by atoms with Crippen LogP contribution in [0.5, 0.6) is 0 Å². The first-order valence-electron chi connectivity index (χ1n) is 9.30. The summed E-state index contributed by atoms with van der Waals surface area (Å²) in [5.74, 6) is 0.417. The van der Waals surface area contributed by atoms with E-state index in [9.17, 15) is 22.8 Å². The number of amides is 1. The van der Waals surface area contributed by atoms with Crippen LogP contribution in [0.25, 0.3) is 0 Å². The fourth-order valence-electron chi connectivity index (χ4n) is 3.28. The Morgan fingerprint density at radius 1 is 1.17 bits per heavy atom. The van der Waals surface area contributed by atoms with E-state index in [0.29, 0.717) is 43.2 Å². The van der Waals surface area contributed by atoms with Gasteiger partial charge in [0, 0.05) is 17.3 Å². The number of hydrogen-bond donors (Lipinski definition) is 2. The largest absolute Gasteiger partial charge is 0.419 e. The van der Waals surface area contributed by atoms with Gasteiger partial charge in [0.25, 0.3) is 11.7 Å². The van der Waals surface area contributed by atoms with Crippen LogP contribution < -0.4 is 20.1 Å². The third-order valence-electron chi connectivity index (χ3n) is 4.90. The molecule has 1 aliphatic heterocycles. The molecule has 3 N–H and O–H groups in total. The van der Waals surface area contributed by atoms with Gasteiger partial charge in [-0.3, -0.25) is 14.5 Å². The molecule has 9 heteroatoms. The Bertz CT molecular complexity index is 876. The molecule has 1 aromatic heterocycles. The molecule has 2 aromatic rings. The minimum atomic E-state index is -4.37. The van der Waals surface area contributed by atoms with Gasteiger partial charge in [-0.25, -0.2) is 4.98 Å². The predicted octanol–water partition coefficient (Wildman–Crippen LogP) is 1.07. The molecule has 29 heavy (non-hydrogen) atoms. The summed E-state index contributed by atoms with van der Waals surface area (Å²) in [4.78, 5) is 29.5. The number of alkyl halides is 3. The van der Waals surface area contributed by atoms with Gasteiger partial charge in [-0.1, -0.05) is 12.1 Å². The number of rotatable bonds is 5. The van der Waals surface area contributed by atoms with Crippen LogP contribution in [0.1, 0.15) is 22.8 Å². The number of H-pyrrole nitrogens is 1. The second kappa shape index (κ2) is 8.60.